The van der Waals surface area contributed by atoms with Crippen molar-refractivity contribution in [3.05, 3.63) is 65.7 Å². The van der Waals surface area contributed by atoms with Gasteiger partial charge in [-0.15, -0.1) is 0 Å². The molecule has 196 valence electrons. The number of guanidine groups is 1. The predicted molar refractivity (Wildman–Crippen MR) is 139 cm³/mol. The zero-order valence-corrected chi connectivity index (χ0v) is 19.6. The molecular weight excluding hydrogens is 482 g/mol. The van der Waals surface area contributed by atoms with Gasteiger partial charge in [-0.2, -0.15) is 0 Å². The summed E-state index contributed by atoms with van der Waals surface area (Å²) < 4.78 is 0. The molecule has 3 rings (SSSR count). The van der Waals surface area contributed by atoms with Crippen LogP contribution in [0.15, 0.2) is 64.6 Å². The summed E-state index contributed by atoms with van der Waals surface area (Å²) in [7, 11) is 0. The predicted octanol–water partition coefficient (Wildman–Crippen LogP) is -0.749. The highest BCUT2D eigenvalue weighted by Crippen LogP contribution is 2.31. The van der Waals surface area contributed by atoms with Crippen LogP contribution in [0.3, 0.4) is 0 Å². The number of aliphatic hydroxyl groups is 5. The van der Waals surface area contributed by atoms with E-state index in [2.05, 4.69) is 9.98 Å². The second-order valence-electron chi connectivity index (χ2n) is 8.37. The standard InChI is InChI=1S/C25H29N5O7/c26-23(29-10-19(32)21(34)22(35)20(33)11-31)15-4-2-12-7-14(3-1-13(12)8-15)18-9-16(30-25(27)28)5-6-17(18)24(36)37/h1-9,19-22,31-35H,10-11H2,(H2,26,29)(H,36,37)(H4,27,28,30)/t19-,20+,21+,22+/m0/s1. The summed E-state index contributed by atoms with van der Waals surface area (Å²) in [6, 6.07) is 15.1. The van der Waals surface area contributed by atoms with Crippen molar-refractivity contribution in [1.29, 1.82) is 0 Å². The average molecular weight is 512 g/mol. The molecule has 0 heterocycles. The zero-order valence-electron chi connectivity index (χ0n) is 19.6. The van der Waals surface area contributed by atoms with Crippen LogP contribution in [0.2, 0.25) is 0 Å². The fraction of sp³-hybridized carbons (Fsp3) is 0.240. The lowest BCUT2D eigenvalue weighted by Gasteiger charge is -2.24. The van der Waals surface area contributed by atoms with E-state index in [0.29, 0.717) is 22.4 Å². The highest BCUT2D eigenvalue weighted by Gasteiger charge is 2.29. The van der Waals surface area contributed by atoms with Gasteiger partial charge < -0.3 is 47.8 Å². The van der Waals surface area contributed by atoms with Crippen LogP contribution in [0.5, 0.6) is 0 Å². The van der Waals surface area contributed by atoms with Gasteiger partial charge in [-0.25, -0.2) is 9.79 Å². The molecule has 12 heteroatoms. The minimum atomic E-state index is -1.76. The first-order chi connectivity index (χ1) is 17.5. The van der Waals surface area contributed by atoms with E-state index in [-0.39, 0.29) is 23.9 Å². The van der Waals surface area contributed by atoms with E-state index >= 15 is 0 Å². The Morgan fingerprint density at radius 2 is 1.49 bits per heavy atom. The number of aliphatic hydroxyl groups excluding tert-OH is 5. The Labute approximate surface area is 211 Å². The van der Waals surface area contributed by atoms with Crippen molar-refractivity contribution in [2.45, 2.75) is 24.4 Å². The van der Waals surface area contributed by atoms with Gasteiger partial charge in [0.25, 0.3) is 0 Å². The molecule has 0 fully saturated rings. The number of benzene rings is 3. The highest BCUT2D eigenvalue weighted by atomic mass is 16.4. The Kier molecular flexibility index (Phi) is 8.76. The van der Waals surface area contributed by atoms with Crippen molar-refractivity contribution < 1.29 is 35.4 Å². The number of hydrogen-bond donors (Lipinski definition) is 9. The Balaban J connectivity index is 1.87. The van der Waals surface area contributed by atoms with Gasteiger partial charge in [0.15, 0.2) is 5.96 Å². The lowest BCUT2D eigenvalue weighted by Crippen LogP contribution is -2.47. The van der Waals surface area contributed by atoms with E-state index in [4.69, 9.17) is 22.3 Å². The third-order valence-corrected chi connectivity index (χ3v) is 5.71. The lowest BCUT2D eigenvalue weighted by molar-refractivity contribution is -0.112. The van der Waals surface area contributed by atoms with Gasteiger partial charge in [0, 0.05) is 5.56 Å². The smallest absolute Gasteiger partial charge is 0.336 e. The van der Waals surface area contributed by atoms with Crippen LogP contribution in [-0.2, 0) is 0 Å². The number of aliphatic imine (C=N–C) groups is 2. The SMILES string of the molecule is NC(N)=Nc1ccc(C(=O)O)c(-c2ccc3cc(C(N)=NC[C@H](O)[C@@H](O)[C@H](O)[C@H](O)CO)ccc3c2)c1. The van der Waals surface area contributed by atoms with Crippen LogP contribution >= 0.6 is 0 Å². The third-order valence-electron chi connectivity index (χ3n) is 5.71. The van der Waals surface area contributed by atoms with Crippen molar-refractivity contribution in [1.82, 2.24) is 0 Å². The normalized spacial score (nSPS) is 15.1. The van der Waals surface area contributed by atoms with Gasteiger partial charge in [-0.05, 0) is 52.2 Å². The molecule has 37 heavy (non-hydrogen) atoms. The van der Waals surface area contributed by atoms with Gasteiger partial charge in [0.05, 0.1) is 24.4 Å². The molecule has 0 aliphatic heterocycles. The summed E-state index contributed by atoms with van der Waals surface area (Å²) in [6.45, 7) is -1.14. The second kappa shape index (κ2) is 11.8. The number of rotatable bonds is 10. The van der Waals surface area contributed by atoms with Crippen molar-refractivity contribution in [3.8, 4) is 11.1 Å². The number of hydrogen-bond acceptors (Lipinski definition) is 8. The molecule has 0 aliphatic carbocycles. The van der Waals surface area contributed by atoms with Gasteiger partial charge in [0.1, 0.15) is 30.3 Å². The summed E-state index contributed by atoms with van der Waals surface area (Å²) >= 11 is 0. The zero-order chi connectivity index (χ0) is 27.3. The molecule has 0 bridgehead atoms. The Bertz CT molecular complexity index is 1340. The van der Waals surface area contributed by atoms with Crippen LogP contribution < -0.4 is 17.2 Å². The molecular formula is C25H29N5O7. The fourth-order valence-electron chi connectivity index (χ4n) is 3.70. The first kappa shape index (κ1) is 27.5. The molecule has 0 saturated carbocycles. The molecule has 3 aromatic carbocycles. The van der Waals surface area contributed by atoms with Crippen molar-refractivity contribution in [2.75, 3.05) is 13.2 Å². The molecule has 0 aliphatic rings. The largest absolute Gasteiger partial charge is 0.478 e. The molecule has 0 unspecified atom stereocenters. The quantitative estimate of drug-likeness (QED) is 0.122. The molecule has 0 radical (unpaired) electrons. The molecule has 0 amide bonds. The Morgan fingerprint density at radius 1 is 0.838 bits per heavy atom. The van der Waals surface area contributed by atoms with E-state index in [1.807, 2.05) is 6.07 Å². The minimum Gasteiger partial charge on any atom is -0.478 e. The van der Waals surface area contributed by atoms with Crippen LogP contribution in [0, 0.1) is 0 Å². The van der Waals surface area contributed by atoms with Gasteiger partial charge in [0.2, 0.25) is 0 Å². The van der Waals surface area contributed by atoms with Crippen molar-refractivity contribution >= 4 is 34.2 Å². The third kappa shape index (κ3) is 6.58. The summed E-state index contributed by atoms with van der Waals surface area (Å²) in [6.07, 6.45) is -6.64. The van der Waals surface area contributed by atoms with E-state index in [1.54, 1.807) is 36.4 Å². The minimum absolute atomic E-state index is 0.0625. The highest BCUT2D eigenvalue weighted by molar-refractivity contribution is 6.02. The maximum Gasteiger partial charge on any atom is 0.336 e. The van der Waals surface area contributed by atoms with Crippen molar-refractivity contribution in [3.63, 3.8) is 0 Å². The average Bonchev–Trinajstić information content (AvgIpc) is 2.88. The lowest BCUT2D eigenvalue weighted by atomic mass is 9.96. The van der Waals surface area contributed by atoms with Crippen LogP contribution in [0.25, 0.3) is 21.9 Å². The maximum atomic E-state index is 11.8. The molecule has 12 nitrogen and oxygen atoms in total. The Hall–Kier alpha value is -4.07. The monoisotopic (exact) mass is 511 g/mol. The number of carboxylic acids is 1. The van der Waals surface area contributed by atoms with Crippen LogP contribution in [0.1, 0.15) is 15.9 Å². The van der Waals surface area contributed by atoms with E-state index < -0.39 is 37.0 Å². The first-order valence-electron chi connectivity index (χ1n) is 11.2. The first-order valence-corrected chi connectivity index (χ1v) is 11.2. The molecule has 0 saturated heterocycles. The molecule has 12 N–H and O–H groups in total. The van der Waals surface area contributed by atoms with E-state index in [1.165, 1.54) is 12.1 Å². The number of aromatic carboxylic acids is 1. The van der Waals surface area contributed by atoms with Gasteiger partial charge in [-0.3, -0.25) is 4.99 Å². The van der Waals surface area contributed by atoms with Crippen LogP contribution in [0.4, 0.5) is 5.69 Å². The van der Waals surface area contributed by atoms with Gasteiger partial charge >= 0.3 is 5.97 Å². The van der Waals surface area contributed by atoms with Crippen LogP contribution in [-0.4, -0.2) is 86.0 Å². The number of carbonyl (C=O) groups is 1. The summed E-state index contributed by atoms with van der Waals surface area (Å²) in [5, 5.41) is 59.1. The summed E-state index contributed by atoms with van der Waals surface area (Å²) in [5.74, 6) is -1.19. The number of fused-ring (bicyclic) bond motifs is 1. The summed E-state index contributed by atoms with van der Waals surface area (Å²) in [5.41, 5.74) is 19.0. The van der Waals surface area contributed by atoms with Crippen molar-refractivity contribution in [2.24, 2.45) is 27.2 Å². The molecule has 0 spiro atoms. The number of amidine groups is 1. The van der Waals surface area contributed by atoms with E-state index in [9.17, 15) is 30.3 Å². The molecule has 3 aromatic rings. The molecule has 4 atom stereocenters. The topological polar surface area (TPSA) is 241 Å². The number of nitrogens with two attached hydrogens (primary N) is 3. The molecule has 0 aromatic heterocycles. The van der Waals surface area contributed by atoms with E-state index in [0.717, 1.165) is 10.8 Å². The maximum absolute atomic E-state index is 11.8. The Morgan fingerprint density at radius 3 is 2.14 bits per heavy atom. The number of carboxylic acid groups (broad SMARTS) is 1. The second-order valence-corrected chi connectivity index (χ2v) is 8.37. The fourth-order valence-corrected chi connectivity index (χ4v) is 3.70. The van der Waals surface area contributed by atoms with Gasteiger partial charge in [-0.1, -0.05) is 24.3 Å². The number of nitrogens with zero attached hydrogens (tertiary/aromatic N) is 2. The summed E-state index contributed by atoms with van der Waals surface area (Å²) in [4.78, 5) is 19.8.